The number of nitrogens with one attached hydrogen (secondary N) is 11. The molecule has 0 saturated carbocycles. The van der Waals surface area contributed by atoms with Gasteiger partial charge in [-0.2, -0.15) is 25.3 Å². The smallest absolute Gasteiger partial charge is 0.327 e. The summed E-state index contributed by atoms with van der Waals surface area (Å²) in [5.74, 6) is -10.3. The Morgan fingerprint density at radius 1 is 0.642 bits per heavy atom. The molecule has 0 bridgehead atoms. The number of carboxylic acids is 1. The van der Waals surface area contributed by atoms with Gasteiger partial charge in [0.2, 0.25) is 65.0 Å². The van der Waals surface area contributed by atoms with Crippen LogP contribution in [0.2, 0.25) is 0 Å². The number of hydrogen-bond donors (Lipinski definition) is 19. The molecule has 2 heterocycles. The molecular formula is C72H97N17O15S2. The number of likely N-dealkylation sites (tertiary alicyclic amines) is 1. The highest BCUT2D eigenvalue weighted by atomic mass is 32.1. The lowest BCUT2D eigenvalue weighted by molar-refractivity contribution is -0.144. The molecule has 1 aliphatic heterocycles. The minimum Gasteiger partial charge on any atom is -0.508 e. The van der Waals surface area contributed by atoms with Crippen molar-refractivity contribution in [1.29, 1.82) is 0 Å². The van der Waals surface area contributed by atoms with E-state index >= 15 is 0 Å². The number of nitrogens with zero attached hydrogens (tertiary/aromatic N) is 3. The van der Waals surface area contributed by atoms with Crippen molar-refractivity contribution in [2.24, 2.45) is 28.1 Å². The molecule has 1 saturated heterocycles. The van der Waals surface area contributed by atoms with Crippen LogP contribution in [0, 0.1) is 5.92 Å². The summed E-state index contributed by atoms with van der Waals surface area (Å²) in [5.41, 5.74) is 19.9. The number of hydrogen-bond acceptors (Lipinski definition) is 19. The largest absolute Gasteiger partial charge is 0.508 e. The van der Waals surface area contributed by atoms with Crippen molar-refractivity contribution >= 4 is 108 Å². The number of aromatic amines is 1. The predicted molar refractivity (Wildman–Crippen MR) is 400 cm³/mol. The van der Waals surface area contributed by atoms with Crippen LogP contribution in [0.25, 0.3) is 0 Å². The predicted octanol–water partition coefficient (Wildman–Crippen LogP) is -0.917. The van der Waals surface area contributed by atoms with Crippen LogP contribution in [-0.4, -0.2) is 204 Å². The Bertz CT molecular complexity index is 3830. The van der Waals surface area contributed by atoms with Gasteiger partial charge >= 0.3 is 5.97 Å². The van der Waals surface area contributed by atoms with Gasteiger partial charge < -0.3 is 95.6 Å². The number of nitrogens with two attached hydrogens (primary N) is 3. The van der Waals surface area contributed by atoms with E-state index in [0.29, 0.717) is 40.8 Å². The molecule has 0 unspecified atom stereocenters. The number of carbonyl (C=O) groups excluding carboxylic acids is 11. The number of aromatic hydroxyl groups is 1. The third-order valence-electron chi connectivity index (χ3n) is 17.1. The van der Waals surface area contributed by atoms with Crippen molar-refractivity contribution in [3.8, 4) is 5.75 Å². The molecule has 0 radical (unpaired) electrons. The number of aromatic nitrogens is 2. The molecule has 106 heavy (non-hydrogen) atoms. The highest BCUT2D eigenvalue weighted by Crippen LogP contribution is 2.23. The molecule has 20 N–H and O–H groups in total. The third kappa shape index (κ3) is 27.5. The molecule has 1 aromatic heterocycles. The average Bonchev–Trinajstić information content (AvgIpc) is 1.42. The lowest BCUT2D eigenvalue weighted by Gasteiger charge is -2.33. The van der Waals surface area contributed by atoms with Gasteiger partial charge in [-0.15, -0.1) is 0 Å². The van der Waals surface area contributed by atoms with Crippen molar-refractivity contribution in [3.63, 3.8) is 0 Å². The Labute approximate surface area is 624 Å². The fourth-order valence-corrected chi connectivity index (χ4v) is 11.9. The van der Waals surface area contributed by atoms with Gasteiger partial charge in [0.05, 0.1) is 31.4 Å². The van der Waals surface area contributed by atoms with E-state index in [1.165, 1.54) is 62.5 Å². The second-order valence-electron chi connectivity index (χ2n) is 26.8. The van der Waals surface area contributed by atoms with E-state index in [-0.39, 0.29) is 93.5 Å². The number of benzene rings is 4. The molecule has 0 spiro atoms. The quantitative estimate of drug-likeness (QED) is 0.00976. The maximum absolute atomic E-state index is 14.5. The molecule has 4 aromatic carbocycles. The zero-order chi connectivity index (χ0) is 77.8. The Morgan fingerprint density at radius 2 is 1.19 bits per heavy atom. The summed E-state index contributed by atoms with van der Waals surface area (Å²) < 4.78 is -1.35. The molecule has 34 heteroatoms. The van der Waals surface area contributed by atoms with Crippen molar-refractivity contribution in [1.82, 2.24) is 62.7 Å². The van der Waals surface area contributed by atoms with Crippen LogP contribution in [0.15, 0.2) is 127 Å². The van der Waals surface area contributed by atoms with Crippen LogP contribution >= 0.6 is 25.3 Å². The van der Waals surface area contributed by atoms with Gasteiger partial charge in [-0.3, -0.25) is 57.7 Å². The lowest BCUT2D eigenvalue weighted by atomic mass is 9.99. The minimum absolute atomic E-state index is 0.0253. The first-order chi connectivity index (χ1) is 50.3. The number of phenolic OH excluding ortho intramolecular Hbond substituents is 1. The first kappa shape index (κ1) is 84.4. The van der Waals surface area contributed by atoms with Gasteiger partial charge in [-0.1, -0.05) is 98.8 Å². The Morgan fingerprint density at radius 3 is 1.75 bits per heavy atom. The number of H-pyrrole nitrogens is 1. The minimum atomic E-state index is -1.73. The number of anilines is 1. The van der Waals surface area contributed by atoms with Crippen molar-refractivity contribution < 1.29 is 72.9 Å². The van der Waals surface area contributed by atoms with Crippen LogP contribution in [0.3, 0.4) is 0 Å². The number of amides is 11. The summed E-state index contributed by atoms with van der Waals surface area (Å²) in [7, 11) is 0. The number of thiol groups is 2. The summed E-state index contributed by atoms with van der Waals surface area (Å²) in [6, 6.07) is 16.6. The van der Waals surface area contributed by atoms with Crippen molar-refractivity contribution in [2.75, 3.05) is 30.7 Å². The normalized spacial score (nSPS) is 15.5. The van der Waals surface area contributed by atoms with Crippen LogP contribution in [0.4, 0.5) is 5.69 Å². The van der Waals surface area contributed by atoms with Crippen LogP contribution in [0.5, 0.6) is 5.75 Å². The summed E-state index contributed by atoms with van der Waals surface area (Å²) in [6.45, 7) is 7.46. The third-order valence-corrected chi connectivity index (χ3v) is 17.7. The first-order valence-electron chi connectivity index (χ1n) is 34.6. The highest BCUT2D eigenvalue weighted by molar-refractivity contribution is 7.81. The topological polar surface area (TPSA) is 508 Å². The number of rotatable bonds is 40. The molecule has 6 rings (SSSR count). The van der Waals surface area contributed by atoms with Crippen LogP contribution < -0.4 is 70.4 Å². The number of aliphatic carboxylic acids is 1. The SMILES string of the molecule is CC(C)C[C@H](NC(=O)Cc1ccc(NC(=O)[C@H](Cc2ccccc2)NC(=O)[C@H](Cc2cnc[nH]2)NC(=O)CNC(=O)[C@@H](NC(=O)[C@@H](NC(=O)[C@H](Cc2ccccc2)NC(=O)[C@@H](N)CCCN=C(N)N)C(C)(C)S)[C@@H](C)O)cc1)C(=O)N[C@@H](Cc1ccc(O)cc1)C(=O)N1CCC[C@H]1C(=O)N[C@@H](CS)C(=O)O. The first-order valence-corrected chi connectivity index (χ1v) is 35.6. The fraction of sp³-hybridized carbons (Fsp3) is 0.444. The zero-order valence-electron chi connectivity index (χ0n) is 59.6. The molecule has 572 valence electrons. The van der Waals surface area contributed by atoms with Gasteiger partial charge in [0.15, 0.2) is 5.96 Å². The maximum atomic E-state index is 14.5. The number of imidazole rings is 1. The monoisotopic (exact) mass is 1500 g/mol. The molecule has 1 fully saturated rings. The van der Waals surface area contributed by atoms with E-state index in [1.807, 2.05) is 13.8 Å². The average molecular weight is 1500 g/mol. The molecule has 11 amide bonds. The van der Waals surface area contributed by atoms with Gasteiger partial charge in [0.25, 0.3) is 0 Å². The number of aliphatic hydroxyl groups is 1. The Balaban J connectivity index is 1.10. The standard InChI is InChI=1S/C72H97N17O15S2/c1-40(2)30-50(63(96)85-54(33-44-22-26-48(91)27-23-44)69(102)89-29-13-19-56(89)66(99)86-55(38-105)70(103)104)81-57(92)34-45-20-24-46(25-21-45)80-62(95)51(31-42-14-8-6-9-15-42)84-64(97)53(35-47-36-76-39-79-47)82-58(93)37-78-67(100)59(41(3)90)87-68(101)60(72(4,5)106)88-65(98)52(32-43-16-10-7-11-17-43)83-61(94)49(73)18-12-28-77-71(74)75/h6-11,14-17,20-27,36,39-41,49-56,59-60,90-91,105-106H,12-13,18-19,28-35,37-38,73H2,1-5H3,(H,76,79)(H,78,100)(H,80,95)(H,81,92)(H,82,93)(H,83,94)(H,84,97)(H,85,96)(H,86,99)(H,87,101)(H,88,98)(H,103,104)(H4,74,75,77)/t41-,49+,50+,51+,52+,53+,54+,55+,56+,59+,60-/m1/s1. The van der Waals surface area contributed by atoms with Crippen molar-refractivity contribution in [3.05, 3.63) is 150 Å². The maximum Gasteiger partial charge on any atom is 0.327 e. The second kappa shape index (κ2) is 41.2. The van der Waals surface area contributed by atoms with Crippen molar-refractivity contribution in [2.45, 2.75) is 170 Å². The number of aliphatic imine (C=N–C) groups is 1. The van der Waals surface area contributed by atoms with Gasteiger partial charge in [-0.05, 0) is 105 Å². The summed E-state index contributed by atoms with van der Waals surface area (Å²) in [5, 5.41) is 56.7. The van der Waals surface area contributed by atoms with Crippen LogP contribution in [0.1, 0.15) is 94.7 Å². The number of phenols is 1. The number of carboxylic acid groups (broad SMARTS) is 1. The van der Waals surface area contributed by atoms with E-state index in [9.17, 15) is 72.9 Å². The van der Waals surface area contributed by atoms with Gasteiger partial charge in [0.1, 0.15) is 60.1 Å². The molecule has 32 nitrogen and oxygen atoms in total. The summed E-state index contributed by atoms with van der Waals surface area (Å²) >= 11 is 8.62. The number of guanidine groups is 1. The summed E-state index contributed by atoms with van der Waals surface area (Å²) in [4.78, 5) is 178. The zero-order valence-corrected chi connectivity index (χ0v) is 61.4. The van der Waals surface area contributed by atoms with E-state index in [4.69, 9.17) is 17.2 Å². The highest BCUT2D eigenvalue weighted by Gasteiger charge is 2.42. The molecule has 5 aromatic rings. The molecule has 11 atom stereocenters. The number of carbonyl (C=O) groups is 12. The molecule has 1 aliphatic rings. The number of aliphatic hydroxyl groups excluding tert-OH is 1. The van der Waals surface area contributed by atoms with Crippen LogP contribution in [-0.2, 0) is 89.6 Å². The molecular weight excluding hydrogens is 1410 g/mol. The van der Waals surface area contributed by atoms with E-state index < -0.39 is 149 Å². The molecule has 0 aliphatic carbocycles. The summed E-state index contributed by atoms with van der Waals surface area (Å²) in [6.07, 6.45) is 1.93. The van der Waals surface area contributed by atoms with E-state index in [2.05, 4.69) is 93.4 Å². The fourth-order valence-electron chi connectivity index (χ4n) is 11.5. The second-order valence-corrected chi connectivity index (χ2v) is 28.3. The Hall–Kier alpha value is -10.6. The van der Waals surface area contributed by atoms with E-state index in [1.54, 1.807) is 84.9 Å². The lowest BCUT2D eigenvalue weighted by Crippen LogP contribution is -2.63. The van der Waals surface area contributed by atoms with E-state index in [0.717, 1.165) is 0 Å². The van der Waals surface area contributed by atoms with Gasteiger partial charge in [-0.25, -0.2) is 9.78 Å². The van der Waals surface area contributed by atoms with Gasteiger partial charge in [0, 0.05) is 66.9 Å². The Kier molecular flexibility index (Phi) is 32.8.